The standard InChI is InChI=1S/C3H3.BrH.Zn/c1-3-2;;/h1H3;1H;/p-1. The van der Waals surface area contributed by atoms with E-state index in [0.717, 1.165) is 0 Å². The Morgan fingerprint density at radius 2 is 1.60 bits per heavy atom. The van der Waals surface area contributed by atoms with Gasteiger partial charge in [-0.15, -0.1) is 0 Å². The molecule has 0 atom stereocenters. The van der Waals surface area contributed by atoms with Crippen LogP contribution in [0.15, 0.2) is 0 Å². The van der Waals surface area contributed by atoms with E-state index in [1.165, 1.54) is 0 Å². The van der Waals surface area contributed by atoms with Crippen LogP contribution in [0.2, 0.25) is 0 Å². The van der Waals surface area contributed by atoms with Crippen LogP contribution in [0, 0.1) is 12.3 Å². The fourth-order valence-electron chi connectivity index (χ4n) is 0. The van der Waals surface area contributed by atoms with Crippen molar-refractivity contribution in [1.82, 2.24) is 0 Å². The van der Waals surface area contributed by atoms with Gasteiger partial charge in [-0.25, -0.2) is 0 Å². The van der Waals surface area contributed by atoms with E-state index in [9.17, 15) is 0 Å². The quantitative estimate of drug-likeness (QED) is 0.291. The van der Waals surface area contributed by atoms with E-state index in [2.05, 4.69) is 0 Å². The van der Waals surface area contributed by atoms with Gasteiger partial charge >= 0.3 is 0 Å². The maximum Gasteiger partial charge on any atom is 0 e. The van der Waals surface area contributed by atoms with Crippen LogP contribution < -0.4 is 17.0 Å². The van der Waals surface area contributed by atoms with Crippen LogP contribution in [0.4, 0.5) is 0 Å². The summed E-state index contributed by atoms with van der Waals surface area (Å²) in [5, 5.41) is 0. The van der Waals surface area contributed by atoms with Gasteiger partial charge in [-0.1, -0.05) is 5.92 Å². The molecule has 0 aliphatic carbocycles. The predicted octanol–water partition coefficient (Wildman–Crippen LogP) is -2.40. The van der Waals surface area contributed by atoms with Crippen LogP contribution in [-0.4, -0.2) is 0 Å². The molecule has 25 valence electrons. The predicted molar refractivity (Wildman–Crippen MR) is 12.8 cm³/mol. The summed E-state index contributed by atoms with van der Waals surface area (Å²) in [7, 11) is 0. The summed E-state index contributed by atoms with van der Waals surface area (Å²) < 4.78 is 0. The van der Waals surface area contributed by atoms with Crippen LogP contribution in [0.3, 0.4) is 0 Å². The Hall–Kier alpha value is 0.663. The summed E-state index contributed by atoms with van der Waals surface area (Å²) in [6, 6.07) is 0. The molecule has 0 heterocycles. The fraction of sp³-hybridized carbons (Fsp3) is 0.333. The first-order valence-electron chi connectivity index (χ1n) is 0.750. The van der Waals surface area contributed by atoms with Gasteiger partial charge in [-0.3, -0.25) is 0 Å². The molecule has 0 rings (SSSR count). The fourth-order valence-corrected chi connectivity index (χ4v) is 0. The van der Waals surface area contributed by atoms with Crippen molar-refractivity contribution in [2.75, 3.05) is 0 Å². The molecule has 0 aromatic rings. The number of halogens is 1. The summed E-state index contributed by atoms with van der Waals surface area (Å²) in [6.45, 7) is 1.54. The molecule has 2 heteroatoms. The molecule has 0 aromatic carbocycles. The first-order valence-corrected chi connectivity index (χ1v) is 0.750. The molecule has 0 aliphatic heterocycles. The van der Waals surface area contributed by atoms with Crippen molar-refractivity contribution in [1.29, 1.82) is 0 Å². The van der Waals surface area contributed by atoms with E-state index in [0.29, 0.717) is 0 Å². The maximum absolute atomic E-state index is 5.96. The number of hydrogen-bond donors (Lipinski definition) is 0. The SMILES string of the molecule is [Br-].[C]#CC.[Zn]. The third-order valence-electron chi connectivity index (χ3n) is 0. The molecule has 0 N–H and O–H groups in total. The Labute approximate surface area is 55.9 Å². The third-order valence-corrected chi connectivity index (χ3v) is 0. The van der Waals surface area contributed by atoms with Gasteiger partial charge < -0.3 is 17.0 Å². The van der Waals surface area contributed by atoms with E-state index in [1.54, 1.807) is 6.92 Å². The summed E-state index contributed by atoms with van der Waals surface area (Å²) >= 11 is 0. The van der Waals surface area contributed by atoms with Gasteiger partial charge in [0, 0.05) is 19.5 Å². The molecular formula is C3H3BrZn-. The van der Waals surface area contributed by atoms with Crippen molar-refractivity contribution in [3.8, 4) is 5.92 Å². The molecular weight excluding hydrogens is 181 g/mol. The Morgan fingerprint density at radius 1 is 1.60 bits per heavy atom. The second kappa shape index (κ2) is 22.6. The molecule has 0 nitrogen and oxygen atoms in total. The van der Waals surface area contributed by atoms with Gasteiger partial charge in [-0.05, 0) is 13.3 Å². The first-order chi connectivity index (χ1) is 1.41. The molecule has 1 radical (unpaired) electrons. The minimum atomic E-state index is 0. The molecule has 0 spiro atoms. The van der Waals surface area contributed by atoms with Gasteiger partial charge in [0.2, 0.25) is 0 Å². The Morgan fingerprint density at radius 3 is 1.60 bits per heavy atom. The Balaban J connectivity index is -0.0000000200. The average molecular weight is 184 g/mol. The van der Waals surface area contributed by atoms with Gasteiger partial charge in [0.05, 0.1) is 0 Å². The zero-order valence-corrected chi connectivity index (χ0v) is 7.64. The zero-order valence-electron chi connectivity index (χ0n) is 3.09. The molecule has 0 saturated heterocycles. The smallest absolute Gasteiger partial charge is 0 e. The Bertz CT molecular complexity index is 28.4. The summed E-state index contributed by atoms with van der Waals surface area (Å²) in [4.78, 5) is 0. The van der Waals surface area contributed by atoms with Crippen molar-refractivity contribution in [2.24, 2.45) is 0 Å². The van der Waals surface area contributed by atoms with Crippen molar-refractivity contribution < 1.29 is 36.5 Å². The minimum Gasteiger partial charge on any atom is -1.00 e. The van der Waals surface area contributed by atoms with Crippen LogP contribution in [0.5, 0.6) is 0 Å². The Kier molecular flexibility index (Phi) is 78.5. The first kappa shape index (κ1) is 17.4. The van der Waals surface area contributed by atoms with E-state index in [1.807, 2.05) is 5.92 Å². The van der Waals surface area contributed by atoms with Crippen LogP contribution in [0.25, 0.3) is 0 Å². The summed E-state index contributed by atoms with van der Waals surface area (Å²) in [5.41, 5.74) is 0. The van der Waals surface area contributed by atoms with Gasteiger partial charge in [0.1, 0.15) is 0 Å². The third kappa shape index (κ3) is 75.2. The van der Waals surface area contributed by atoms with E-state index in [4.69, 9.17) is 6.42 Å². The second-order valence-electron chi connectivity index (χ2n) is 0.250. The monoisotopic (exact) mass is 182 g/mol. The zero-order chi connectivity index (χ0) is 2.71. The molecule has 0 fully saturated rings. The number of hydrogen-bond acceptors (Lipinski definition) is 0. The van der Waals surface area contributed by atoms with Crippen LogP contribution in [0.1, 0.15) is 6.92 Å². The maximum atomic E-state index is 5.96. The van der Waals surface area contributed by atoms with Crippen LogP contribution in [-0.2, 0) is 19.5 Å². The number of rotatable bonds is 0. The van der Waals surface area contributed by atoms with Gasteiger partial charge in [-0.2, -0.15) is 0 Å². The molecule has 0 unspecified atom stereocenters. The largest absolute Gasteiger partial charge is 1.00 e. The molecule has 0 aliphatic rings. The second-order valence-corrected chi connectivity index (χ2v) is 0.250. The van der Waals surface area contributed by atoms with Crippen molar-refractivity contribution in [3.63, 3.8) is 0 Å². The average Bonchev–Trinajstić information content (AvgIpc) is 0.918. The molecule has 0 bridgehead atoms. The topological polar surface area (TPSA) is 0 Å². The van der Waals surface area contributed by atoms with Gasteiger partial charge in [0.25, 0.3) is 0 Å². The normalized spacial score (nSPS) is 1.60. The molecule has 5 heavy (non-hydrogen) atoms. The van der Waals surface area contributed by atoms with E-state index < -0.39 is 0 Å². The van der Waals surface area contributed by atoms with Crippen molar-refractivity contribution >= 4 is 0 Å². The molecule has 0 amide bonds. The summed E-state index contributed by atoms with van der Waals surface area (Å²) in [6.07, 6.45) is 5.96. The van der Waals surface area contributed by atoms with Crippen molar-refractivity contribution in [2.45, 2.75) is 6.92 Å². The summed E-state index contributed by atoms with van der Waals surface area (Å²) in [5.74, 6) is 2.00. The van der Waals surface area contributed by atoms with Crippen LogP contribution >= 0.6 is 0 Å². The van der Waals surface area contributed by atoms with Gasteiger partial charge in [0.15, 0.2) is 0 Å². The molecule has 0 saturated carbocycles. The van der Waals surface area contributed by atoms with E-state index >= 15 is 0 Å². The van der Waals surface area contributed by atoms with Crippen molar-refractivity contribution in [3.05, 3.63) is 6.42 Å². The minimum absolute atomic E-state index is 0. The molecule has 0 aromatic heterocycles. The van der Waals surface area contributed by atoms with E-state index in [-0.39, 0.29) is 36.5 Å².